The van der Waals surface area contributed by atoms with Gasteiger partial charge < -0.3 is 5.11 Å². The van der Waals surface area contributed by atoms with Gasteiger partial charge in [-0.25, -0.2) is 0 Å². The summed E-state index contributed by atoms with van der Waals surface area (Å²) in [6.45, 7) is 0. The van der Waals surface area contributed by atoms with Gasteiger partial charge >= 0.3 is 0 Å². The fourth-order valence-electron chi connectivity index (χ4n) is 2.09. The van der Waals surface area contributed by atoms with Gasteiger partial charge in [0.05, 0.1) is 15.7 Å². The van der Waals surface area contributed by atoms with E-state index in [1.165, 1.54) is 6.07 Å². The first kappa shape index (κ1) is 15.1. The van der Waals surface area contributed by atoms with Crippen molar-refractivity contribution in [3.8, 4) is 5.75 Å². The molecular formula is C16H9Cl3N2O. The summed E-state index contributed by atoms with van der Waals surface area (Å²) in [5, 5.41) is 20.8. The first-order chi connectivity index (χ1) is 10.5. The Bertz CT molecular complexity index is 871. The van der Waals surface area contributed by atoms with Crippen molar-refractivity contribution in [2.24, 2.45) is 10.2 Å². The van der Waals surface area contributed by atoms with Crippen LogP contribution in [0.15, 0.2) is 58.8 Å². The smallest absolute Gasteiger partial charge is 0.123 e. The van der Waals surface area contributed by atoms with Crippen LogP contribution in [-0.2, 0) is 0 Å². The van der Waals surface area contributed by atoms with E-state index in [4.69, 9.17) is 34.8 Å². The van der Waals surface area contributed by atoms with Crippen LogP contribution in [0.4, 0.5) is 11.4 Å². The monoisotopic (exact) mass is 350 g/mol. The van der Waals surface area contributed by atoms with Crippen molar-refractivity contribution in [2.75, 3.05) is 0 Å². The number of hydrogen-bond donors (Lipinski definition) is 1. The minimum Gasteiger partial charge on any atom is -0.508 e. The molecule has 0 atom stereocenters. The minimum absolute atomic E-state index is 0.112. The lowest BCUT2D eigenvalue weighted by atomic mass is 10.1. The van der Waals surface area contributed by atoms with E-state index in [1.54, 1.807) is 18.2 Å². The standard InChI is InChI=1S/C16H9Cl3N2O/c17-10-6-13(18)16(14(19)7-10)21-20-15-8-11(22)5-9-3-1-2-4-12(9)15/h1-8,22H. The normalized spacial score (nSPS) is 11.4. The number of phenolic OH excluding ortho intramolecular Hbond substituents is 1. The van der Waals surface area contributed by atoms with Crippen molar-refractivity contribution in [2.45, 2.75) is 0 Å². The lowest BCUT2D eigenvalue weighted by molar-refractivity contribution is 0.476. The largest absolute Gasteiger partial charge is 0.508 e. The number of fused-ring (bicyclic) bond motifs is 1. The lowest BCUT2D eigenvalue weighted by Crippen LogP contribution is -1.75. The maximum Gasteiger partial charge on any atom is 0.123 e. The van der Waals surface area contributed by atoms with E-state index in [2.05, 4.69) is 10.2 Å². The quantitative estimate of drug-likeness (QED) is 0.500. The number of aromatic hydroxyl groups is 1. The average Bonchev–Trinajstić information content (AvgIpc) is 2.45. The summed E-state index contributed by atoms with van der Waals surface area (Å²) in [6, 6.07) is 13.8. The number of azo groups is 1. The molecule has 6 heteroatoms. The van der Waals surface area contributed by atoms with Crippen LogP contribution in [0, 0.1) is 0 Å². The van der Waals surface area contributed by atoms with E-state index >= 15 is 0 Å². The molecule has 110 valence electrons. The zero-order valence-corrected chi connectivity index (χ0v) is 13.4. The molecule has 1 N–H and O–H groups in total. The van der Waals surface area contributed by atoms with Gasteiger partial charge in [-0.05, 0) is 23.6 Å². The van der Waals surface area contributed by atoms with Crippen molar-refractivity contribution < 1.29 is 5.11 Å². The molecule has 0 saturated carbocycles. The van der Waals surface area contributed by atoms with Crippen LogP contribution in [0.1, 0.15) is 0 Å². The second kappa shape index (κ2) is 6.13. The molecule has 0 radical (unpaired) electrons. The fourth-order valence-corrected chi connectivity index (χ4v) is 2.98. The topological polar surface area (TPSA) is 45.0 Å². The highest BCUT2D eigenvalue weighted by atomic mass is 35.5. The molecular weight excluding hydrogens is 343 g/mol. The van der Waals surface area contributed by atoms with Crippen LogP contribution < -0.4 is 0 Å². The molecule has 0 unspecified atom stereocenters. The zero-order chi connectivity index (χ0) is 15.7. The van der Waals surface area contributed by atoms with E-state index < -0.39 is 0 Å². The average molecular weight is 352 g/mol. The SMILES string of the molecule is Oc1cc(N=Nc2c(Cl)cc(Cl)cc2Cl)c2ccccc2c1. The number of rotatable bonds is 2. The van der Waals surface area contributed by atoms with Crippen molar-refractivity contribution in [3.63, 3.8) is 0 Å². The molecule has 0 spiro atoms. The Morgan fingerprint density at radius 1 is 0.818 bits per heavy atom. The molecule has 0 aromatic heterocycles. The van der Waals surface area contributed by atoms with E-state index in [-0.39, 0.29) is 5.75 Å². The third-order valence-corrected chi connectivity index (χ3v) is 3.86. The first-order valence-electron chi connectivity index (χ1n) is 6.32. The highest BCUT2D eigenvalue weighted by Crippen LogP contribution is 2.38. The Morgan fingerprint density at radius 2 is 1.50 bits per heavy atom. The second-order valence-corrected chi connectivity index (χ2v) is 5.85. The highest BCUT2D eigenvalue weighted by molar-refractivity contribution is 6.41. The highest BCUT2D eigenvalue weighted by Gasteiger charge is 2.08. The summed E-state index contributed by atoms with van der Waals surface area (Å²) in [6.07, 6.45) is 0. The fraction of sp³-hybridized carbons (Fsp3) is 0. The van der Waals surface area contributed by atoms with Gasteiger partial charge in [-0.15, -0.1) is 10.2 Å². The maximum absolute atomic E-state index is 9.78. The first-order valence-corrected chi connectivity index (χ1v) is 7.46. The molecule has 0 saturated heterocycles. The molecule has 3 aromatic rings. The van der Waals surface area contributed by atoms with E-state index in [0.29, 0.717) is 26.4 Å². The predicted octanol–water partition coefficient (Wildman–Crippen LogP) is 6.92. The van der Waals surface area contributed by atoms with Crippen LogP contribution in [-0.4, -0.2) is 5.11 Å². The summed E-state index contributed by atoms with van der Waals surface area (Å²) in [5.41, 5.74) is 0.859. The molecule has 22 heavy (non-hydrogen) atoms. The summed E-state index contributed by atoms with van der Waals surface area (Å²) in [7, 11) is 0. The van der Waals surface area contributed by atoms with Crippen molar-refractivity contribution in [3.05, 3.63) is 63.6 Å². The second-order valence-electron chi connectivity index (χ2n) is 4.60. The zero-order valence-electron chi connectivity index (χ0n) is 11.1. The molecule has 0 aliphatic heterocycles. The van der Waals surface area contributed by atoms with Crippen LogP contribution in [0.25, 0.3) is 10.8 Å². The Morgan fingerprint density at radius 3 is 2.23 bits per heavy atom. The van der Waals surface area contributed by atoms with Gasteiger partial charge in [0.1, 0.15) is 11.4 Å². The van der Waals surface area contributed by atoms with E-state index in [1.807, 2.05) is 24.3 Å². The number of halogens is 3. The molecule has 0 bridgehead atoms. The van der Waals surface area contributed by atoms with Gasteiger partial charge in [0.2, 0.25) is 0 Å². The predicted molar refractivity (Wildman–Crippen MR) is 91.3 cm³/mol. The van der Waals surface area contributed by atoms with Crippen LogP contribution in [0.2, 0.25) is 15.1 Å². The Hall–Kier alpha value is -1.81. The summed E-state index contributed by atoms with van der Waals surface area (Å²) < 4.78 is 0. The molecule has 0 aliphatic carbocycles. The molecule has 0 aliphatic rings. The van der Waals surface area contributed by atoms with Crippen LogP contribution >= 0.6 is 34.8 Å². The van der Waals surface area contributed by atoms with Gasteiger partial charge in [-0.1, -0.05) is 59.1 Å². The lowest BCUT2D eigenvalue weighted by Gasteiger charge is -2.04. The van der Waals surface area contributed by atoms with Gasteiger partial charge in [0, 0.05) is 16.5 Å². The van der Waals surface area contributed by atoms with E-state index in [0.717, 1.165) is 10.8 Å². The van der Waals surface area contributed by atoms with Crippen molar-refractivity contribution in [1.29, 1.82) is 0 Å². The molecule has 3 aromatic carbocycles. The molecule has 0 amide bonds. The third kappa shape index (κ3) is 3.02. The molecule has 3 nitrogen and oxygen atoms in total. The summed E-state index contributed by atoms with van der Waals surface area (Å²) in [5.74, 6) is 0.112. The third-order valence-electron chi connectivity index (χ3n) is 3.06. The number of hydrogen-bond acceptors (Lipinski definition) is 3. The van der Waals surface area contributed by atoms with Crippen LogP contribution in [0.5, 0.6) is 5.75 Å². The maximum atomic E-state index is 9.78. The van der Waals surface area contributed by atoms with Crippen molar-refractivity contribution in [1.82, 2.24) is 0 Å². The molecule has 0 heterocycles. The van der Waals surface area contributed by atoms with E-state index in [9.17, 15) is 5.11 Å². The van der Waals surface area contributed by atoms with Gasteiger partial charge in [-0.3, -0.25) is 0 Å². The Kier molecular flexibility index (Phi) is 4.21. The van der Waals surface area contributed by atoms with Gasteiger partial charge in [0.25, 0.3) is 0 Å². The number of nitrogens with zero attached hydrogens (tertiary/aromatic N) is 2. The van der Waals surface area contributed by atoms with Crippen molar-refractivity contribution >= 4 is 57.0 Å². The minimum atomic E-state index is 0.112. The van der Waals surface area contributed by atoms with Crippen LogP contribution in [0.3, 0.4) is 0 Å². The molecule has 3 rings (SSSR count). The Balaban J connectivity index is 2.11. The molecule has 0 fully saturated rings. The van der Waals surface area contributed by atoms with Gasteiger partial charge in [-0.2, -0.15) is 0 Å². The summed E-state index contributed by atoms with van der Waals surface area (Å²) in [4.78, 5) is 0. The van der Waals surface area contributed by atoms with Gasteiger partial charge in [0.15, 0.2) is 0 Å². The number of phenols is 1. The Labute approximate surface area is 141 Å². The number of benzene rings is 3. The summed E-state index contributed by atoms with van der Waals surface area (Å²) >= 11 is 18.0.